The van der Waals surface area contributed by atoms with Gasteiger partial charge in [0.05, 0.1) is 6.61 Å². The van der Waals surface area contributed by atoms with Crippen LogP contribution in [0.15, 0.2) is 33.6 Å². The second-order valence-electron chi connectivity index (χ2n) is 4.16. The minimum Gasteiger partial charge on any atom is -0.381 e. The minimum absolute atomic E-state index is 0.325. The Hall–Kier alpha value is -0.0700. The van der Waals surface area contributed by atoms with Crippen LogP contribution in [-0.4, -0.2) is 25.0 Å². The van der Waals surface area contributed by atoms with Crippen LogP contribution < -0.4 is 11.3 Å². The Balaban J connectivity index is 1.84. The van der Waals surface area contributed by atoms with Crippen molar-refractivity contribution in [2.45, 2.75) is 17.4 Å². The maximum atomic E-state index is 5.61. The van der Waals surface area contributed by atoms with E-state index in [0.717, 1.165) is 29.9 Å². The number of thioether (sulfide) groups is 1. The number of benzene rings is 1. The molecule has 0 spiro atoms. The molecule has 94 valence electrons. The average molecular weight is 317 g/mol. The lowest BCUT2D eigenvalue weighted by molar-refractivity contribution is 0.179. The first-order chi connectivity index (χ1) is 8.29. The van der Waals surface area contributed by atoms with Crippen molar-refractivity contribution < 1.29 is 4.74 Å². The molecule has 1 aromatic carbocycles. The highest BCUT2D eigenvalue weighted by atomic mass is 79.9. The van der Waals surface area contributed by atoms with E-state index in [1.807, 2.05) is 11.8 Å². The highest BCUT2D eigenvalue weighted by Crippen LogP contribution is 2.25. The molecule has 17 heavy (non-hydrogen) atoms. The van der Waals surface area contributed by atoms with E-state index in [1.165, 1.54) is 4.90 Å². The molecule has 2 atom stereocenters. The van der Waals surface area contributed by atoms with Crippen molar-refractivity contribution >= 4 is 27.7 Å². The molecule has 1 saturated heterocycles. The molecule has 2 rings (SSSR count). The summed E-state index contributed by atoms with van der Waals surface area (Å²) >= 11 is 5.26. The quantitative estimate of drug-likeness (QED) is 0.497. The molecule has 0 aromatic heterocycles. The molecular formula is C12H17BrN2OS. The molecule has 1 aliphatic rings. The van der Waals surface area contributed by atoms with Gasteiger partial charge in [-0.05, 0) is 30.7 Å². The van der Waals surface area contributed by atoms with Crippen LogP contribution in [0, 0.1) is 5.92 Å². The Morgan fingerprint density at radius 2 is 2.24 bits per heavy atom. The molecule has 0 saturated carbocycles. The zero-order valence-corrected chi connectivity index (χ0v) is 12.0. The highest BCUT2D eigenvalue weighted by molar-refractivity contribution is 9.10. The van der Waals surface area contributed by atoms with E-state index in [4.69, 9.17) is 10.6 Å². The lowest BCUT2D eigenvalue weighted by Crippen LogP contribution is -2.43. The summed E-state index contributed by atoms with van der Waals surface area (Å²) in [7, 11) is 0. The second-order valence-corrected chi connectivity index (χ2v) is 6.17. The topological polar surface area (TPSA) is 47.3 Å². The first-order valence-electron chi connectivity index (χ1n) is 5.72. The van der Waals surface area contributed by atoms with Gasteiger partial charge in [0.25, 0.3) is 0 Å². The van der Waals surface area contributed by atoms with Gasteiger partial charge in [-0.25, -0.2) is 0 Å². The third-order valence-electron chi connectivity index (χ3n) is 2.99. The van der Waals surface area contributed by atoms with E-state index < -0.39 is 0 Å². The lowest BCUT2D eigenvalue weighted by Gasteiger charge is -2.20. The fraction of sp³-hybridized carbons (Fsp3) is 0.500. The number of nitrogens with two attached hydrogens (primary N) is 1. The van der Waals surface area contributed by atoms with Crippen LogP contribution in [-0.2, 0) is 4.74 Å². The molecule has 1 fully saturated rings. The second kappa shape index (κ2) is 6.75. The zero-order chi connectivity index (χ0) is 12.1. The molecule has 1 aromatic rings. The van der Waals surface area contributed by atoms with Gasteiger partial charge in [0.15, 0.2) is 0 Å². The summed E-state index contributed by atoms with van der Waals surface area (Å²) in [6.07, 6.45) is 1.11. The third kappa shape index (κ3) is 3.96. The maximum absolute atomic E-state index is 5.61. The fourth-order valence-electron chi connectivity index (χ4n) is 1.91. The first-order valence-corrected chi connectivity index (χ1v) is 7.49. The number of hydrazine groups is 1. The number of halogens is 1. The van der Waals surface area contributed by atoms with Gasteiger partial charge in [-0.2, -0.15) is 0 Å². The van der Waals surface area contributed by atoms with Crippen LogP contribution in [0.25, 0.3) is 0 Å². The molecule has 3 nitrogen and oxygen atoms in total. The number of rotatable bonds is 5. The Labute approximate surface area is 115 Å². The molecule has 5 heteroatoms. The summed E-state index contributed by atoms with van der Waals surface area (Å²) in [4.78, 5) is 1.27. The molecule has 1 heterocycles. The monoisotopic (exact) mass is 316 g/mol. The first kappa shape index (κ1) is 13.4. The summed E-state index contributed by atoms with van der Waals surface area (Å²) in [6, 6.07) is 8.68. The van der Waals surface area contributed by atoms with Gasteiger partial charge in [-0.1, -0.05) is 15.9 Å². The molecule has 0 amide bonds. The van der Waals surface area contributed by atoms with Crippen LogP contribution in [0.2, 0.25) is 0 Å². The molecule has 1 aliphatic heterocycles. The minimum atomic E-state index is 0.325. The number of ether oxygens (including phenoxy) is 1. The number of hydrogen-bond acceptors (Lipinski definition) is 4. The molecular weight excluding hydrogens is 300 g/mol. The largest absolute Gasteiger partial charge is 0.381 e. The SMILES string of the molecule is NNC(CSc1ccc(Br)cc1)C1CCOC1. The standard InChI is InChI=1S/C12H17BrN2OS/c13-10-1-3-11(4-2-10)17-8-12(15-14)9-5-6-16-7-9/h1-4,9,12,15H,5-8,14H2. The third-order valence-corrected chi connectivity index (χ3v) is 4.65. The predicted molar refractivity (Wildman–Crippen MR) is 74.9 cm³/mol. The van der Waals surface area contributed by atoms with E-state index >= 15 is 0 Å². The molecule has 2 unspecified atom stereocenters. The maximum Gasteiger partial charge on any atom is 0.0510 e. The number of nitrogens with one attached hydrogen (secondary N) is 1. The van der Waals surface area contributed by atoms with Gasteiger partial charge in [-0.3, -0.25) is 11.3 Å². The van der Waals surface area contributed by atoms with Gasteiger partial charge in [0, 0.05) is 33.7 Å². The Bertz CT molecular complexity index is 341. The van der Waals surface area contributed by atoms with Crippen molar-refractivity contribution in [3.8, 4) is 0 Å². The Kier molecular flexibility index (Phi) is 5.31. The van der Waals surface area contributed by atoms with E-state index in [1.54, 1.807) is 0 Å². The van der Waals surface area contributed by atoms with Gasteiger partial charge >= 0.3 is 0 Å². The molecule has 0 bridgehead atoms. The summed E-state index contributed by atoms with van der Waals surface area (Å²) in [5.74, 6) is 7.14. The summed E-state index contributed by atoms with van der Waals surface area (Å²) in [6.45, 7) is 1.70. The molecule has 0 radical (unpaired) electrons. The van der Waals surface area contributed by atoms with E-state index in [-0.39, 0.29) is 0 Å². The summed E-state index contributed by atoms with van der Waals surface area (Å²) < 4.78 is 6.51. The van der Waals surface area contributed by atoms with Crippen molar-refractivity contribution in [1.29, 1.82) is 0 Å². The van der Waals surface area contributed by atoms with Crippen molar-refractivity contribution in [2.75, 3.05) is 19.0 Å². The van der Waals surface area contributed by atoms with Gasteiger partial charge in [-0.15, -0.1) is 11.8 Å². The zero-order valence-electron chi connectivity index (χ0n) is 9.56. The van der Waals surface area contributed by atoms with Crippen LogP contribution in [0.4, 0.5) is 0 Å². The highest BCUT2D eigenvalue weighted by Gasteiger charge is 2.24. The molecule has 3 N–H and O–H groups in total. The fourth-order valence-corrected chi connectivity index (χ4v) is 3.24. The molecule has 0 aliphatic carbocycles. The van der Waals surface area contributed by atoms with Crippen LogP contribution >= 0.6 is 27.7 Å². The van der Waals surface area contributed by atoms with Crippen molar-refractivity contribution in [3.63, 3.8) is 0 Å². The summed E-state index contributed by atoms with van der Waals surface area (Å²) in [5, 5.41) is 0. The summed E-state index contributed by atoms with van der Waals surface area (Å²) in [5.41, 5.74) is 2.92. The smallest absolute Gasteiger partial charge is 0.0510 e. The predicted octanol–water partition coefficient (Wildman–Crippen LogP) is 2.41. The Morgan fingerprint density at radius 1 is 1.47 bits per heavy atom. The average Bonchev–Trinajstić information content (AvgIpc) is 2.86. The van der Waals surface area contributed by atoms with Crippen LogP contribution in [0.3, 0.4) is 0 Å². The normalized spacial score (nSPS) is 21.6. The van der Waals surface area contributed by atoms with Crippen LogP contribution in [0.1, 0.15) is 6.42 Å². The van der Waals surface area contributed by atoms with E-state index in [2.05, 4.69) is 45.6 Å². The van der Waals surface area contributed by atoms with Gasteiger partial charge in [0.1, 0.15) is 0 Å². The van der Waals surface area contributed by atoms with Gasteiger partial charge in [0.2, 0.25) is 0 Å². The van der Waals surface area contributed by atoms with Crippen molar-refractivity contribution in [2.24, 2.45) is 11.8 Å². The van der Waals surface area contributed by atoms with Crippen molar-refractivity contribution in [1.82, 2.24) is 5.43 Å². The lowest BCUT2D eigenvalue weighted by atomic mass is 10.0. The van der Waals surface area contributed by atoms with Crippen LogP contribution in [0.5, 0.6) is 0 Å². The van der Waals surface area contributed by atoms with E-state index in [9.17, 15) is 0 Å². The van der Waals surface area contributed by atoms with Gasteiger partial charge < -0.3 is 4.74 Å². The number of hydrogen-bond donors (Lipinski definition) is 2. The van der Waals surface area contributed by atoms with Crippen molar-refractivity contribution in [3.05, 3.63) is 28.7 Å². The van der Waals surface area contributed by atoms with E-state index in [0.29, 0.717) is 12.0 Å². The Morgan fingerprint density at radius 3 is 2.82 bits per heavy atom.